The van der Waals surface area contributed by atoms with Gasteiger partial charge in [0, 0.05) is 18.1 Å². The molecule has 2 fully saturated rings. The predicted molar refractivity (Wildman–Crippen MR) is 152 cm³/mol. The largest absolute Gasteiger partial charge is 0.465 e. The van der Waals surface area contributed by atoms with Crippen LogP contribution >= 0.6 is 0 Å². The van der Waals surface area contributed by atoms with E-state index in [9.17, 15) is 4.79 Å². The Morgan fingerprint density at radius 1 is 1.03 bits per heavy atom. The van der Waals surface area contributed by atoms with E-state index < -0.39 is 0 Å². The van der Waals surface area contributed by atoms with Gasteiger partial charge in [0.1, 0.15) is 11.9 Å². The summed E-state index contributed by atoms with van der Waals surface area (Å²) in [6.07, 6.45) is 12.9. The monoisotopic (exact) mass is 502 g/mol. The Morgan fingerprint density at radius 3 is 2.16 bits per heavy atom. The molecule has 2 aromatic carbocycles. The maximum absolute atomic E-state index is 11.3. The van der Waals surface area contributed by atoms with E-state index in [0.717, 1.165) is 17.7 Å². The van der Waals surface area contributed by atoms with Crippen LogP contribution in [0.2, 0.25) is 0 Å². The van der Waals surface area contributed by atoms with Crippen LogP contribution in [-0.4, -0.2) is 25.0 Å². The number of esters is 1. The normalized spacial score (nSPS) is 24.5. The molecule has 4 atom stereocenters. The fourth-order valence-electron chi connectivity index (χ4n) is 5.51. The number of ether oxygens (including phenoxy) is 3. The lowest BCUT2D eigenvalue weighted by atomic mass is 9.70. The number of hydrogen-bond donors (Lipinski definition) is 0. The van der Waals surface area contributed by atoms with Crippen molar-refractivity contribution >= 4 is 18.1 Å². The van der Waals surface area contributed by atoms with Crippen molar-refractivity contribution in [1.82, 2.24) is 0 Å². The lowest BCUT2D eigenvalue weighted by Crippen LogP contribution is -2.38. The van der Waals surface area contributed by atoms with Gasteiger partial charge in [-0.25, -0.2) is 4.79 Å². The molecule has 2 aliphatic rings. The molecule has 0 radical (unpaired) electrons. The first-order valence-electron chi connectivity index (χ1n) is 13.3. The highest BCUT2D eigenvalue weighted by molar-refractivity contribution is 5.81. The van der Waals surface area contributed by atoms with Crippen molar-refractivity contribution in [3.05, 3.63) is 90.5 Å². The topological polar surface area (TPSA) is 44.8 Å². The molecule has 0 amide bonds. The summed E-state index contributed by atoms with van der Waals surface area (Å²) in [7, 11) is 0. The quantitative estimate of drug-likeness (QED) is 0.150. The number of benzene rings is 2. The minimum Gasteiger partial charge on any atom is -0.465 e. The van der Waals surface area contributed by atoms with Gasteiger partial charge >= 0.3 is 5.97 Å². The number of hydrogen-bond acceptors (Lipinski definition) is 4. The molecule has 198 valence electrons. The van der Waals surface area contributed by atoms with Crippen LogP contribution in [0.15, 0.2) is 79.4 Å². The van der Waals surface area contributed by atoms with E-state index in [1.54, 1.807) is 0 Å². The van der Waals surface area contributed by atoms with Crippen LogP contribution in [0, 0.1) is 16.7 Å². The van der Waals surface area contributed by atoms with Gasteiger partial charge in [-0.3, -0.25) is 0 Å². The molecule has 2 bridgehead atoms. The van der Waals surface area contributed by atoms with Crippen LogP contribution in [0.5, 0.6) is 5.75 Å². The average molecular weight is 503 g/mol. The van der Waals surface area contributed by atoms with E-state index in [0.29, 0.717) is 17.9 Å². The Bertz CT molecular complexity index is 1070. The van der Waals surface area contributed by atoms with Crippen molar-refractivity contribution in [2.24, 2.45) is 16.7 Å². The van der Waals surface area contributed by atoms with Crippen molar-refractivity contribution in [3.8, 4) is 5.75 Å². The summed E-state index contributed by atoms with van der Waals surface area (Å²) in [5, 5.41) is 0. The molecule has 0 aromatic heterocycles. The third kappa shape index (κ3) is 7.23. The van der Waals surface area contributed by atoms with E-state index in [4.69, 9.17) is 14.2 Å². The molecule has 0 aliphatic heterocycles. The van der Waals surface area contributed by atoms with Gasteiger partial charge in [0.15, 0.2) is 6.29 Å². The molecule has 4 unspecified atom stereocenters. The summed E-state index contributed by atoms with van der Waals surface area (Å²) in [5.74, 6) is 1.26. The Hall–Kier alpha value is -3.11. The van der Waals surface area contributed by atoms with Gasteiger partial charge in [-0.2, -0.15) is 0 Å². The Kier molecular flexibility index (Phi) is 9.93. The predicted octanol–water partition coefficient (Wildman–Crippen LogP) is 8.10. The fourth-order valence-corrected chi connectivity index (χ4v) is 5.51. The summed E-state index contributed by atoms with van der Waals surface area (Å²) in [6, 6.07) is 18.2. The summed E-state index contributed by atoms with van der Waals surface area (Å²) >= 11 is 0. The van der Waals surface area contributed by atoms with Crippen molar-refractivity contribution in [2.45, 2.75) is 66.3 Å². The summed E-state index contributed by atoms with van der Waals surface area (Å²) in [4.78, 5) is 11.3. The summed E-state index contributed by atoms with van der Waals surface area (Å²) in [5.41, 5.74) is 2.80. The standard InChI is InChI=1S/C20H22O2.C13H20O2/c1-3-21-17(2)22-20-15-13-19(14-16-20)12-8-7-11-18-9-5-4-6-10-18;1-5-11(14)15-10-8-9-6-7-13(10,4)12(9,2)3/h4-17H,3H2,1-2H3;5,9-10H,1,6-8H2,2-4H3. The molecule has 2 saturated carbocycles. The van der Waals surface area contributed by atoms with Gasteiger partial charge in [0.2, 0.25) is 0 Å². The SMILES string of the molecule is C=CC(=O)OC1CC2CCC1(C)C2(C)C.CCOC(C)Oc1ccc(C=CC=Cc2ccccc2)cc1. The first kappa shape index (κ1) is 28.5. The van der Waals surface area contributed by atoms with Gasteiger partial charge in [-0.1, -0.05) is 94.1 Å². The first-order valence-corrected chi connectivity index (χ1v) is 13.3. The molecule has 0 heterocycles. The number of rotatable bonds is 9. The number of carbonyl (C=O) groups excluding carboxylic acids is 1. The number of fused-ring (bicyclic) bond motifs is 2. The second-order valence-corrected chi connectivity index (χ2v) is 10.6. The fraction of sp³-hybridized carbons (Fsp3) is 0.424. The minimum atomic E-state index is -0.274. The van der Waals surface area contributed by atoms with E-state index in [1.807, 2.05) is 68.5 Å². The Morgan fingerprint density at radius 2 is 1.65 bits per heavy atom. The lowest BCUT2D eigenvalue weighted by Gasteiger charge is -2.38. The highest BCUT2D eigenvalue weighted by Gasteiger charge is 2.62. The highest BCUT2D eigenvalue weighted by atomic mass is 16.7. The van der Waals surface area contributed by atoms with Crippen molar-refractivity contribution in [2.75, 3.05) is 6.61 Å². The van der Waals surface area contributed by atoms with Gasteiger partial charge < -0.3 is 14.2 Å². The van der Waals surface area contributed by atoms with Gasteiger partial charge in [-0.05, 0) is 67.7 Å². The number of allylic oxidation sites excluding steroid dienone is 2. The van der Waals surface area contributed by atoms with Crippen LogP contribution in [0.3, 0.4) is 0 Å². The summed E-state index contributed by atoms with van der Waals surface area (Å²) in [6.45, 7) is 14.8. The molecular formula is C33H42O4. The lowest BCUT2D eigenvalue weighted by molar-refractivity contribution is -0.150. The van der Waals surface area contributed by atoms with Crippen molar-refractivity contribution in [1.29, 1.82) is 0 Å². The van der Waals surface area contributed by atoms with E-state index >= 15 is 0 Å². The van der Waals surface area contributed by atoms with Gasteiger partial charge in [0.25, 0.3) is 0 Å². The van der Waals surface area contributed by atoms with Crippen LogP contribution in [0.1, 0.15) is 65.0 Å². The van der Waals surface area contributed by atoms with Crippen LogP contribution in [0.4, 0.5) is 0 Å². The van der Waals surface area contributed by atoms with E-state index in [1.165, 1.54) is 24.5 Å². The third-order valence-corrected chi connectivity index (χ3v) is 8.21. The zero-order valence-corrected chi connectivity index (χ0v) is 23.0. The van der Waals surface area contributed by atoms with Gasteiger partial charge in [-0.15, -0.1) is 0 Å². The molecule has 0 saturated heterocycles. The van der Waals surface area contributed by atoms with Crippen LogP contribution in [0.25, 0.3) is 12.2 Å². The maximum atomic E-state index is 11.3. The Balaban J connectivity index is 0.000000220. The molecule has 4 nitrogen and oxygen atoms in total. The van der Waals surface area contributed by atoms with Crippen LogP contribution < -0.4 is 4.74 Å². The van der Waals surface area contributed by atoms with E-state index in [2.05, 4.69) is 51.6 Å². The molecule has 37 heavy (non-hydrogen) atoms. The molecule has 2 aromatic rings. The molecule has 2 aliphatic carbocycles. The van der Waals surface area contributed by atoms with Gasteiger partial charge in [0.05, 0.1) is 0 Å². The van der Waals surface area contributed by atoms with Crippen molar-refractivity contribution in [3.63, 3.8) is 0 Å². The molecular weight excluding hydrogens is 460 g/mol. The highest BCUT2D eigenvalue weighted by Crippen LogP contribution is 2.66. The molecule has 4 heteroatoms. The summed E-state index contributed by atoms with van der Waals surface area (Å²) < 4.78 is 16.5. The second-order valence-electron chi connectivity index (χ2n) is 10.6. The van der Waals surface area contributed by atoms with E-state index in [-0.39, 0.29) is 23.8 Å². The third-order valence-electron chi connectivity index (χ3n) is 8.21. The molecule has 0 spiro atoms. The molecule has 4 rings (SSSR count). The maximum Gasteiger partial charge on any atom is 0.330 e. The number of carbonyl (C=O) groups is 1. The zero-order chi connectivity index (χ0) is 26.9. The second kappa shape index (κ2) is 12.9. The molecule has 0 N–H and O–H groups in total. The van der Waals surface area contributed by atoms with Crippen molar-refractivity contribution < 1.29 is 19.0 Å². The zero-order valence-electron chi connectivity index (χ0n) is 23.0. The minimum absolute atomic E-state index is 0.0942. The first-order chi connectivity index (χ1) is 17.7. The average Bonchev–Trinajstić information content (AvgIpc) is 3.22. The van der Waals surface area contributed by atoms with Crippen LogP contribution in [-0.2, 0) is 14.3 Å². The Labute approximate surface area is 223 Å². The smallest absolute Gasteiger partial charge is 0.330 e.